The second kappa shape index (κ2) is 5.43. The fourth-order valence-corrected chi connectivity index (χ4v) is 1.43. The van der Waals surface area contributed by atoms with E-state index in [1.54, 1.807) is 0 Å². The van der Waals surface area contributed by atoms with Crippen molar-refractivity contribution in [2.24, 2.45) is 0 Å². The Morgan fingerprint density at radius 2 is 2.11 bits per heavy atom. The van der Waals surface area contributed by atoms with E-state index in [-0.39, 0.29) is 13.2 Å². The van der Waals surface area contributed by atoms with Gasteiger partial charge in [0.15, 0.2) is 0 Å². The average molecular weight is 284 g/mol. The molecular formula is C10H9ClF3NO3. The zero-order chi connectivity index (χ0) is 13.9. The van der Waals surface area contributed by atoms with Gasteiger partial charge in [-0.15, -0.1) is 0 Å². The molecule has 0 aromatic carbocycles. The molecule has 0 bridgehead atoms. The van der Waals surface area contributed by atoms with E-state index >= 15 is 0 Å². The maximum atomic E-state index is 12.5. The van der Waals surface area contributed by atoms with Crippen LogP contribution in [0.25, 0.3) is 0 Å². The summed E-state index contributed by atoms with van der Waals surface area (Å²) >= 11 is 5.43. The number of rotatable bonds is 3. The van der Waals surface area contributed by atoms with E-state index in [9.17, 15) is 22.8 Å². The first kappa shape index (κ1) is 14.6. The SMILES string of the molecule is CC(=O)OCCn1cc(C(F)(F)F)cc(Cl)c1=O. The number of ether oxygens (including phenoxy) is 1. The molecule has 0 spiro atoms. The van der Waals surface area contributed by atoms with E-state index in [0.29, 0.717) is 12.3 Å². The minimum absolute atomic E-state index is 0.192. The largest absolute Gasteiger partial charge is 0.464 e. The Balaban J connectivity index is 3.00. The van der Waals surface area contributed by atoms with Crippen LogP contribution in [0.1, 0.15) is 12.5 Å². The molecule has 0 N–H and O–H groups in total. The highest BCUT2D eigenvalue weighted by Crippen LogP contribution is 2.29. The average Bonchev–Trinajstić information content (AvgIpc) is 2.22. The summed E-state index contributed by atoms with van der Waals surface area (Å²) < 4.78 is 42.7. The van der Waals surface area contributed by atoms with Crippen molar-refractivity contribution >= 4 is 17.6 Å². The third-order valence-corrected chi connectivity index (χ3v) is 2.28. The highest BCUT2D eigenvalue weighted by molar-refractivity contribution is 6.30. The number of hydrogen-bond donors (Lipinski definition) is 0. The summed E-state index contributed by atoms with van der Waals surface area (Å²) in [6, 6.07) is 0.562. The summed E-state index contributed by atoms with van der Waals surface area (Å²) in [4.78, 5) is 21.9. The first-order valence-corrected chi connectivity index (χ1v) is 5.20. The van der Waals surface area contributed by atoms with Gasteiger partial charge in [0.05, 0.1) is 12.1 Å². The minimum atomic E-state index is -4.60. The molecular weight excluding hydrogens is 275 g/mol. The van der Waals surface area contributed by atoms with Crippen molar-refractivity contribution in [2.45, 2.75) is 19.6 Å². The van der Waals surface area contributed by atoms with Gasteiger partial charge in [0.1, 0.15) is 11.6 Å². The first-order valence-electron chi connectivity index (χ1n) is 4.82. The number of hydrogen-bond acceptors (Lipinski definition) is 3. The van der Waals surface area contributed by atoms with Crippen molar-refractivity contribution in [3.63, 3.8) is 0 Å². The number of carbonyl (C=O) groups is 1. The van der Waals surface area contributed by atoms with Crippen molar-refractivity contribution in [1.29, 1.82) is 0 Å². The molecule has 0 atom stereocenters. The quantitative estimate of drug-likeness (QED) is 0.798. The third-order valence-electron chi connectivity index (χ3n) is 2.01. The summed E-state index contributed by atoms with van der Waals surface area (Å²) in [5, 5.41) is -0.535. The molecule has 0 radical (unpaired) electrons. The minimum Gasteiger partial charge on any atom is -0.464 e. The van der Waals surface area contributed by atoms with Crippen molar-refractivity contribution in [2.75, 3.05) is 6.61 Å². The lowest BCUT2D eigenvalue weighted by atomic mass is 10.2. The molecule has 0 saturated heterocycles. The number of pyridine rings is 1. The van der Waals surface area contributed by atoms with Crippen LogP contribution in [0.2, 0.25) is 5.02 Å². The molecule has 18 heavy (non-hydrogen) atoms. The molecule has 1 aromatic heterocycles. The fourth-order valence-electron chi connectivity index (χ4n) is 1.21. The normalized spacial score (nSPS) is 11.4. The van der Waals surface area contributed by atoms with Crippen LogP contribution in [0.5, 0.6) is 0 Å². The molecule has 1 rings (SSSR count). The number of carbonyl (C=O) groups excluding carboxylic acids is 1. The number of esters is 1. The van der Waals surface area contributed by atoms with Crippen molar-refractivity contribution in [3.8, 4) is 0 Å². The monoisotopic (exact) mass is 283 g/mol. The van der Waals surface area contributed by atoms with Gasteiger partial charge in [-0.05, 0) is 6.07 Å². The van der Waals surface area contributed by atoms with Crippen LogP contribution in [0.3, 0.4) is 0 Å². The summed E-state index contributed by atoms with van der Waals surface area (Å²) in [7, 11) is 0. The molecule has 4 nitrogen and oxygen atoms in total. The number of nitrogens with zero attached hydrogens (tertiary/aromatic N) is 1. The zero-order valence-electron chi connectivity index (χ0n) is 9.25. The Morgan fingerprint density at radius 3 is 2.61 bits per heavy atom. The Labute approximate surface area is 105 Å². The molecule has 8 heteroatoms. The second-order valence-corrected chi connectivity index (χ2v) is 3.82. The highest BCUT2D eigenvalue weighted by Gasteiger charge is 2.32. The number of halogens is 4. The van der Waals surface area contributed by atoms with Crippen LogP contribution in [-0.2, 0) is 22.3 Å². The van der Waals surface area contributed by atoms with Crippen LogP contribution < -0.4 is 5.56 Å². The van der Waals surface area contributed by atoms with E-state index < -0.39 is 28.3 Å². The molecule has 100 valence electrons. The van der Waals surface area contributed by atoms with E-state index in [4.69, 9.17) is 11.6 Å². The fraction of sp³-hybridized carbons (Fsp3) is 0.400. The maximum Gasteiger partial charge on any atom is 0.417 e. The first-order chi connectivity index (χ1) is 8.21. The van der Waals surface area contributed by atoms with Crippen LogP contribution in [0.4, 0.5) is 13.2 Å². The standard InChI is InChI=1S/C10H9ClF3NO3/c1-6(16)18-3-2-15-5-7(10(12,13)14)4-8(11)9(15)17/h4-5H,2-3H2,1H3. The molecule has 0 aliphatic heterocycles. The lowest BCUT2D eigenvalue weighted by Crippen LogP contribution is -2.25. The van der Waals surface area contributed by atoms with Gasteiger partial charge in [-0.25, -0.2) is 0 Å². The van der Waals surface area contributed by atoms with Gasteiger partial charge < -0.3 is 9.30 Å². The van der Waals surface area contributed by atoms with E-state index in [1.807, 2.05) is 0 Å². The van der Waals surface area contributed by atoms with E-state index in [0.717, 1.165) is 11.5 Å². The number of alkyl halides is 3. The molecule has 1 aromatic rings. The molecule has 0 amide bonds. The van der Waals surface area contributed by atoms with Gasteiger partial charge in [-0.3, -0.25) is 9.59 Å². The highest BCUT2D eigenvalue weighted by atomic mass is 35.5. The molecule has 0 saturated carbocycles. The Kier molecular flexibility index (Phi) is 4.39. The topological polar surface area (TPSA) is 48.3 Å². The summed E-state index contributed by atoms with van der Waals surface area (Å²) in [5.41, 5.74) is -1.80. The van der Waals surface area contributed by atoms with Crippen LogP contribution >= 0.6 is 11.6 Å². The lowest BCUT2D eigenvalue weighted by Gasteiger charge is -2.11. The molecule has 0 aliphatic carbocycles. The Hall–Kier alpha value is -1.50. The van der Waals surface area contributed by atoms with Gasteiger partial charge in [0.2, 0.25) is 0 Å². The third kappa shape index (κ3) is 3.76. The van der Waals surface area contributed by atoms with Gasteiger partial charge in [0, 0.05) is 13.1 Å². The van der Waals surface area contributed by atoms with Crippen LogP contribution in [0.15, 0.2) is 17.1 Å². The van der Waals surface area contributed by atoms with Crippen molar-refractivity contribution < 1.29 is 22.7 Å². The van der Waals surface area contributed by atoms with Gasteiger partial charge in [-0.2, -0.15) is 13.2 Å². The van der Waals surface area contributed by atoms with Crippen molar-refractivity contribution in [1.82, 2.24) is 4.57 Å². The summed E-state index contributed by atoms with van der Waals surface area (Å²) in [5.74, 6) is -0.582. The lowest BCUT2D eigenvalue weighted by molar-refractivity contribution is -0.142. The molecule has 0 fully saturated rings. The predicted molar refractivity (Wildman–Crippen MR) is 57.3 cm³/mol. The molecule has 1 heterocycles. The van der Waals surface area contributed by atoms with Gasteiger partial charge in [-0.1, -0.05) is 11.6 Å². The zero-order valence-corrected chi connectivity index (χ0v) is 10.0. The Morgan fingerprint density at radius 1 is 1.50 bits per heavy atom. The van der Waals surface area contributed by atoms with Gasteiger partial charge >= 0.3 is 12.1 Å². The molecule has 0 unspecified atom stereocenters. The van der Waals surface area contributed by atoms with E-state index in [2.05, 4.69) is 4.74 Å². The van der Waals surface area contributed by atoms with E-state index in [1.165, 1.54) is 0 Å². The molecule has 0 aliphatic rings. The number of aromatic nitrogens is 1. The second-order valence-electron chi connectivity index (χ2n) is 3.41. The van der Waals surface area contributed by atoms with Crippen LogP contribution in [0, 0.1) is 0 Å². The van der Waals surface area contributed by atoms with Gasteiger partial charge in [0.25, 0.3) is 5.56 Å². The maximum absolute atomic E-state index is 12.5. The van der Waals surface area contributed by atoms with Crippen molar-refractivity contribution in [3.05, 3.63) is 33.2 Å². The van der Waals surface area contributed by atoms with Crippen LogP contribution in [-0.4, -0.2) is 17.1 Å². The Bertz CT molecular complexity index is 510. The summed E-state index contributed by atoms with van der Waals surface area (Å²) in [6.45, 7) is 0.761. The predicted octanol–water partition coefficient (Wildman–Crippen LogP) is 2.08. The summed E-state index contributed by atoms with van der Waals surface area (Å²) in [6.07, 6.45) is -3.96. The smallest absolute Gasteiger partial charge is 0.417 e.